The van der Waals surface area contributed by atoms with Crippen molar-refractivity contribution in [2.75, 3.05) is 14.2 Å². The van der Waals surface area contributed by atoms with Crippen molar-refractivity contribution in [1.82, 2.24) is 4.98 Å². The number of carbonyl (C=O) groups is 3. The van der Waals surface area contributed by atoms with Crippen molar-refractivity contribution in [1.29, 1.82) is 0 Å². The van der Waals surface area contributed by atoms with E-state index in [2.05, 4.69) is 14.5 Å². The molecular weight excluding hydrogens is 286 g/mol. The first-order valence-electron chi connectivity index (χ1n) is 6.34. The minimum absolute atomic E-state index is 0.0240. The van der Waals surface area contributed by atoms with Crippen LogP contribution in [0.3, 0.4) is 0 Å². The third-order valence-electron chi connectivity index (χ3n) is 3.03. The van der Waals surface area contributed by atoms with Gasteiger partial charge in [-0.2, -0.15) is 0 Å². The van der Waals surface area contributed by atoms with Crippen LogP contribution in [0.25, 0.3) is 0 Å². The molecule has 0 saturated carbocycles. The van der Waals surface area contributed by atoms with E-state index in [0.29, 0.717) is 5.56 Å². The number of hydrogen-bond acceptors (Lipinski definition) is 6. The molecule has 112 valence electrons. The third-order valence-corrected chi connectivity index (χ3v) is 3.03. The van der Waals surface area contributed by atoms with Crippen LogP contribution in [0.5, 0.6) is 0 Å². The summed E-state index contributed by atoms with van der Waals surface area (Å²) >= 11 is 0. The van der Waals surface area contributed by atoms with Gasteiger partial charge in [0.2, 0.25) is 0 Å². The first-order chi connectivity index (χ1) is 10.6. The van der Waals surface area contributed by atoms with Crippen LogP contribution >= 0.6 is 0 Å². The summed E-state index contributed by atoms with van der Waals surface area (Å²) < 4.78 is 9.33. The van der Waals surface area contributed by atoms with Gasteiger partial charge >= 0.3 is 11.9 Å². The molecule has 0 saturated heterocycles. The Balaban J connectivity index is 2.63. The van der Waals surface area contributed by atoms with Gasteiger partial charge in [-0.05, 0) is 18.2 Å². The normalized spacial score (nSPS) is 9.91. The molecule has 0 bridgehead atoms. The molecule has 0 aliphatic rings. The monoisotopic (exact) mass is 299 g/mol. The number of pyridine rings is 1. The van der Waals surface area contributed by atoms with Gasteiger partial charge in [-0.1, -0.05) is 12.1 Å². The lowest BCUT2D eigenvalue weighted by molar-refractivity contribution is 0.0553. The summed E-state index contributed by atoms with van der Waals surface area (Å²) in [5.74, 6) is -1.94. The van der Waals surface area contributed by atoms with Crippen molar-refractivity contribution in [3.8, 4) is 0 Å². The van der Waals surface area contributed by atoms with Crippen LogP contribution in [0.1, 0.15) is 36.6 Å². The first-order valence-corrected chi connectivity index (χ1v) is 6.34. The highest BCUT2D eigenvalue weighted by Gasteiger charge is 2.25. The lowest BCUT2D eigenvalue weighted by Crippen LogP contribution is -2.17. The van der Waals surface area contributed by atoms with Gasteiger partial charge in [0.05, 0.1) is 25.3 Å². The molecule has 1 heterocycles. The Kier molecular flexibility index (Phi) is 4.63. The van der Waals surface area contributed by atoms with E-state index in [4.69, 9.17) is 0 Å². The lowest BCUT2D eigenvalue weighted by Gasteiger charge is -2.11. The highest BCUT2D eigenvalue weighted by molar-refractivity contribution is 6.17. The fraction of sp³-hybridized carbons (Fsp3) is 0.125. The van der Waals surface area contributed by atoms with Gasteiger partial charge in [-0.25, -0.2) is 9.59 Å². The summed E-state index contributed by atoms with van der Waals surface area (Å²) in [6.45, 7) is 0. The number of ether oxygens (including phenoxy) is 2. The molecule has 0 spiro atoms. The molecule has 1 aromatic heterocycles. The van der Waals surface area contributed by atoms with Crippen molar-refractivity contribution in [3.05, 3.63) is 65.0 Å². The van der Waals surface area contributed by atoms with E-state index in [9.17, 15) is 14.4 Å². The van der Waals surface area contributed by atoms with E-state index in [-0.39, 0.29) is 16.7 Å². The van der Waals surface area contributed by atoms with Crippen LogP contribution in [0.4, 0.5) is 0 Å². The van der Waals surface area contributed by atoms with Gasteiger partial charge < -0.3 is 9.47 Å². The molecule has 0 fully saturated rings. The Bertz CT molecular complexity index is 725. The summed E-state index contributed by atoms with van der Waals surface area (Å²) in [6, 6.07) is 7.53. The fourth-order valence-electron chi connectivity index (χ4n) is 2.00. The molecule has 0 aliphatic carbocycles. The van der Waals surface area contributed by atoms with Crippen LogP contribution in [0, 0.1) is 0 Å². The summed E-state index contributed by atoms with van der Waals surface area (Å²) in [5, 5.41) is 0. The van der Waals surface area contributed by atoms with Gasteiger partial charge in [0, 0.05) is 23.5 Å². The number of esters is 2. The summed E-state index contributed by atoms with van der Waals surface area (Å²) in [4.78, 5) is 40.2. The zero-order chi connectivity index (χ0) is 16.1. The summed E-state index contributed by atoms with van der Waals surface area (Å²) in [7, 11) is 2.37. The zero-order valence-corrected chi connectivity index (χ0v) is 12.0. The van der Waals surface area contributed by atoms with Gasteiger partial charge in [0.25, 0.3) is 0 Å². The Morgan fingerprint density at radius 3 is 2.18 bits per heavy atom. The van der Waals surface area contributed by atoms with Crippen LogP contribution in [-0.2, 0) is 9.47 Å². The van der Waals surface area contributed by atoms with Crippen molar-refractivity contribution in [3.63, 3.8) is 0 Å². The number of carbonyl (C=O) groups excluding carboxylic acids is 3. The zero-order valence-electron chi connectivity index (χ0n) is 12.0. The molecular formula is C16H13NO5. The number of methoxy groups -OCH3 is 2. The molecule has 2 aromatic rings. The van der Waals surface area contributed by atoms with E-state index in [1.165, 1.54) is 44.8 Å². The predicted octanol–water partition coefficient (Wildman–Crippen LogP) is 1.89. The Labute approximate surface area is 126 Å². The van der Waals surface area contributed by atoms with E-state index < -0.39 is 17.7 Å². The van der Waals surface area contributed by atoms with E-state index in [1.54, 1.807) is 12.1 Å². The van der Waals surface area contributed by atoms with Crippen molar-refractivity contribution in [2.24, 2.45) is 0 Å². The van der Waals surface area contributed by atoms with Crippen LogP contribution < -0.4 is 0 Å². The molecule has 6 nitrogen and oxygen atoms in total. The lowest BCUT2D eigenvalue weighted by atomic mass is 9.95. The Morgan fingerprint density at radius 2 is 1.59 bits per heavy atom. The largest absolute Gasteiger partial charge is 0.465 e. The highest BCUT2D eigenvalue weighted by Crippen LogP contribution is 2.20. The third kappa shape index (κ3) is 2.85. The van der Waals surface area contributed by atoms with Crippen LogP contribution in [-0.4, -0.2) is 36.9 Å². The molecule has 22 heavy (non-hydrogen) atoms. The summed E-state index contributed by atoms with van der Waals surface area (Å²) in [6.07, 6.45) is 2.91. The second-order valence-electron chi connectivity index (χ2n) is 4.28. The molecule has 0 aliphatic heterocycles. The number of aromatic nitrogens is 1. The highest BCUT2D eigenvalue weighted by atomic mass is 16.5. The molecule has 0 atom stereocenters. The van der Waals surface area contributed by atoms with Gasteiger partial charge in [0.15, 0.2) is 5.78 Å². The van der Waals surface area contributed by atoms with Gasteiger partial charge in [0.1, 0.15) is 0 Å². The van der Waals surface area contributed by atoms with Crippen molar-refractivity contribution < 1.29 is 23.9 Å². The number of rotatable bonds is 4. The average Bonchev–Trinajstić information content (AvgIpc) is 2.59. The standard InChI is InChI=1S/C16H13NO5/c1-21-15(19)12-7-3-6-11(13(12)16(20)22-2)14(18)10-5-4-8-17-9-10/h3-9H,1-2H3. The maximum Gasteiger partial charge on any atom is 0.339 e. The quantitative estimate of drug-likeness (QED) is 0.633. The van der Waals surface area contributed by atoms with Gasteiger partial charge in [-0.3, -0.25) is 9.78 Å². The number of hydrogen-bond donors (Lipinski definition) is 0. The minimum Gasteiger partial charge on any atom is -0.465 e. The average molecular weight is 299 g/mol. The second-order valence-corrected chi connectivity index (χ2v) is 4.28. The topological polar surface area (TPSA) is 82.6 Å². The summed E-state index contributed by atoms with van der Waals surface area (Å²) in [5.41, 5.74) is 0.215. The molecule has 0 amide bonds. The van der Waals surface area contributed by atoms with E-state index >= 15 is 0 Å². The molecule has 1 aromatic carbocycles. The SMILES string of the molecule is COC(=O)c1cccc(C(=O)c2cccnc2)c1C(=O)OC. The Hall–Kier alpha value is -3.02. The molecule has 2 rings (SSSR count). The fourth-order valence-corrected chi connectivity index (χ4v) is 2.00. The molecule has 0 N–H and O–H groups in total. The maximum atomic E-state index is 12.6. The van der Waals surface area contributed by atoms with Crippen LogP contribution in [0.2, 0.25) is 0 Å². The van der Waals surface area contributed by atoms with Gasteiger partial charge in [-0.15, -0.1) is 0 Å². The van der Waals surface area contributed by atoms with Crippen molar-refractivity contribution >= 4 is 17.7 Å². The van der Waals surface area contributed by atoms with Crippen LogP contribution in [0.15, 0.2) is 42.7 Å². The van der Waals surface area contributed by atoms with E-state index in [1.807, 2.05) is 0 Å². The number of benzene rings is 1. The first kappa shape index (κ1) is 15.4. The minimum atomic E-state index is -0.784. The van der Waals surface area contributed by atoms with E-state index in [0.717, 1.165) is 0 Å². The second kappa shape index (κ2) is 6.62. The molecule has 0 unspecified atom stereocenters. The Morgan fingerprint density at radius 1 is 0.909 bits per heavy atom. The van der Waals surface area contributed by atoms with Crippen molar-refractivity contribution in [2.45, 2.75) is 0 Å². The number of ketones is 1. The molecule has 6 heteroatoms. The predicted molar refractivity (Wildman–Crippen MR) is 76.8 cm³/mol. The number of nitrogens with zero attached hydrogens (tertiary/aromatic N) is 1. The maximum absolute atomic E-state index is 12.6. The smallest absolute Gasteiger partial charge is 0.339 e. The molecule has 0 radical (unpaired) electrons.